The van der Waals surface area contributed by atoms with Gasteiger partial charge < -0.3 is 14.0 Å². The van der Waals surface area contributed by atoms with E-state index in [0.29, 0.717) is 11.3 Å². The Morgan fingerprint density at radius 3 is 2.10 bits per heavy atom. The summed E-state index contributed by atoms with van der Waals surface area (Å²) in [5, 5.41) is 0.0176. The normalized spacial score (nSPS) is 17.7. The molecule has 1 aliphatic heterocycles. The molecule has 0 radical (unpaired) electrons. The van der Waals surface area contributed by atoms with Gasteiger partial charge in [-0.05, 0) is 38.7 Å². The number of Topliss-reactive ketones (excluding diaryl/α,β-unsaturated/α-hetero) is 1. The number of benzene rings is 1. The number of hydrogen-bond donors (Lipinski definition) is 0. The molecule has 0 bridgehead atoms. The first-order valence-electron chi connectivity index (χ1n) is 9.85. The molecular weight excluding hydrogens is 403 g/mol. The van der Waals surface area contributed by atoms with E-state index in [1.165, 1.54) is 25.8 Å². The number of ketones is 1. The van der Waals surface area contributed by atoms with Gasteiger partial charge in [-0.15, -0.1) is 0 Å². The predicted octanol–water partition coefficient (Wildman–Crippen LogP) is 4.12. The Bertz CT molecular complexity index is 813. The third-order valence-electron chi connectivity index (χ3n) is 5.37. The van der Waals surface area contributed by atoms with Crippen LogP contribution in [0.4, 0.5) is 0 Å². The van der Waals surface area contributed by atoms with E-state index in [1.54, 1.807) is 12.1 Å². The molecule has 1 aliphatic rings. The van der Waals surface area contributed by atoms with Crippen LogP contribution in [0, 0.1) is 0 Å². The zero-order chi connectivity index (χ0) is 22.5. The highest BCUT2D eigenvalue weighted by molar-refractivity contribution is 8.13. The maximum absolute atomic E-state index is 12.2. The number of ether oxygens (including phenoxy) is 1. The van der Waals surface area contributed by atoms with E-state index in [2.05, 4.69) is 4.74 Å². The van der Waals surface area contributed by atoms with Crippen LogP contribution in [0.5, 0.6) is 0 Å². The van der Waals surface area contributed by atoms with Crippen LogP contribution in [0.3, 0.4) is 0 Å². The van der Waals surface area contributed by atoms with Crippen LogP contribution in [-0.4, -0.2) is 48.1 Å². The fourth-order valence-corrected chi connectivity index (χ4v) is 3.39. The summed E-state index contributed by atoms with van der Waals surface area (Å²) >= 11 is 1.20. The molecule has 1 fully saturated rings. The molecule has 1 aromatic rings. The first kappa shape index (κ1) is 24.4. The molecule has 0 N–H and O–H groups in total. The summed E-state index contributed by atoms with van der Waals surface area (Å²) in [6, 6.07) is 7.11. The largest absolute Gasteiger partial charge is 0.491 e. The number of hydrogen-bond acceptors (Lipinski definition) is 7. The van der Waals surface area contributed by atoms with Crippen molar-refractivity contribution in [3.63, 3.8) is 0 Å². The minimum atomic E-state index is -0.553. The Morgan fingerprint density at radius 1 is 1.03 bits per heavy atom. The molecule has 0 spiro atoms. The van der Waals surface area contributed by atoms with Gasteiger partial charge in [0.05, 0.1) is 24.7 Å². The van der Waals surface area contributed by atoms with Gasteiger partial charge in [0.2, 0.25) is 0 Å². The molecule has 162 valence electrons. The second kappa shape index (κ2) is 9.94. The smallest absolute Gasteiger partial charge is 0.469 e. The number of thioether (sulfide) groups is 1. The highest BCUT2D eigenvalue weighted by atomic mass is 32.2. The van der Waals surface area contributed by atoms with Crippen LogP contribution in [0.1, 0.15) is 63.4 Å². The first-order chi connectivity index (χ1) is 13.9. The number of esters is 1. The van der Waals surface area contributed by atoms with Crippen LogP contribution in [-0.2, 0) is 23.6 Å². The lowest BCUT2D eigenvalue weighted by Crippen LogP contribution is -2.41. The number of carbonyl (C=O) groups is 3. The maximum atomic E-state index is 12.2. The Morgan fingerprint density at radius 2 is 1.60 bits per heavy atom. The van der Waals surface area contributed by atoms with E-state index >= 15 is 0 Å². The van der Waals surface area contributed by atoms with Crippen LogP contribution in [0.25, 0.3) is 6.08 Å². The van der Waals surface area contributed by atoms with Gasteiger partial charge in [-0.1, -0.05) is 42.1 Å². The molecule has 1 heterocycles. The molecule has 0 aromatic heterocycles. The Kier molecular flexibility index (Phi) is 8.08. The maximum Gasteiger partial charge on any atom is 0.491 e. The highest BCUT2D eigenvalue weighted by Gasteiger charge is 2.52. The lowest BCUT2D eigenvalue weighted by atomic mass is 9.78. The van der Waals surface area contributed by atoms with Gasteiger partial charge in [0.1, 0.15) is 0 Å². The number of methoxy groups -OCH3 is 1. The monoisotopic (exact) mass is 432 g/mol. The Labute approximate surface area is 182 Å². The van der Waals surface area contributed by atoms with Gasteiger partial charge in [-0.3, -0.25) is 14.4 Å². The molecule has 2 rings (SSSR count). The third-order valence-corrected chi connectivity index (χ3v) is 6.25. The van der Waals surface area contributed by atoms with E-state index < -0.39 is 24.3 Å². The van der Waals surface area contributed by atoms with Crippen molar-refractivity contribution in [2.75, 3.05) is 12.9 Å². The zero-order valence-electron chi connectivity index (χ0n) is 18.4. The first-order valence-corrected chi connectivity index (χ1v) is 10.8. The van der Waals surface area contributed by atoms with Crippen molar-refractivity contribution in [1.82, 2.24) is 0 Å². The number of carbonyl (C=O) groups excluding carboxylic acids is 3. The minimum absolute atomic E-state index is 0.0176. The van der Waals surface area contributed by atoms with Gasteiger partial charge in [0.15, 0.2) is 10.9 Å². The van der Waals surface area contributed by atoms with Crippen molar-refractivity contribution in [3.05, 3.63) is 40.9 Å². The highest BCUT2D eigenvalue weighted by Crippen LogP contribution is 2.39. The summed E-state index contributed by atoms with van der Waals surface area (Å²) in [4.78, 5) is 34.9. The quantitative estimate of drug-likeness (QED) is 0.347. The lowest BCUT2D eigenvalue weighted by Gasteiger charge is -2.32. The SMILES string of the molecule is COC(=O)CCC(=O)c1ccc(C=C(CSC(C)=O)B2OC(C)(C)C(C)(C)O2)cc1. The van der Waals surface area contributed by atoms with Crippen molar-refractivity contribution in [1.29, 1.82) is 0 Å². The molecule has 0 aliphatic carbocycles. The molecule has 6 nitrogen and oxygen atoms in total. The lowest BCUT2D eigenvalue weighted by molar-refractivity contribution is -0.140. The van der Waals surface area contributed by atoms with Crippen LogP contribution in [0.2, 0.25) is 0 Å². The fourth-order valence-electron chi connectivity index (χ4n) is 2.80. The second-order valence-electron chi connectivity index (χ2n) is 8.21. The van der Waals surface area contributed by atoms with E-state index in [1.807, 2.05) is 45.9 Å². The van der Waals surface area contributed by atoms with Gasteiger partial charge in [0.25, 0.3) is 0 Å². The summed E-state index contributed by atoms with van der Waals surface area (Å²) in [5.74, 6) is -0.0708. The van der Waals surface area contributed by atoms with Crippen LogP contribution < -0.4 is 0 Å². The minimum Gasteiger partial charge on any atom is -0.469 e. The molecule has 0 atom stereocenters. The predicted molar refractivity (Wildman–Crippen MR) is 119 cm³/mol. The van der Waals surface area contributed by atoms with Gasteiger partial charge >= 0.3 is 13.1 Å². The van der Waals surface area contributed by atoms with Gasteiger partial charge in [-0.2, -0.15) is 0 Å². The van der Waals surface area contributed by atoms with Crippen molar-refractivity contribution in [2.45, 2.75) is 58.7 Å². The molecule has 8 heteroatoms. The molecule has 1 saturated heterocycles. The molecule has 0 saturated carbocycles. The topological polar surface area (TPSA) is 78.9 Å². The molecule has 30 heavy (non-hydrogen) atoms. The summed E-state index contributed by atoms with van der Waals surface area (Å²) in [6.45, 7) is 9.46. The van der Waals surface area contributed by atoms with Crippen LogP contribution >= 0.6 is 11.8 Å². The molecule has 0 unspecified atom stereocenters. The summed E-state index contributed by atoms with van der Waals surface area (Å²) in [5.41, 5.74) is 1.29. The number of rotatable bonds is 8. The van der Waals surface area contributed by atoms with Gasteiger partial charge in [0, 0.05) is 24.7 Å². The summed E-state index contributed by atoms with van der Waals surface area (Å²) in [6.07, 6.45) is 2.10. The van der Waals surface area contributed by atoms with Crippen molar-refractivity contribution >= 4 is 41.8 Å². The zero-order valence-corrected chi connectivity index (χ0v) is 19.3. The molecular formula is C22H29BO6S. The van der Waals surface area contributed by atoms with E-state index in [4.69, 9.17) is 9.31 Å². The molecule has 0 amide bonds. The second-order valence-corrected chi connectivity index (χ2v) is 9.36. The average molecular weight is 432 g/mol. The fraction of sp³-hybridized carbons (Fsp3) is 0.500. The third kappa shape index (κ3) is 6.30. The molecule has 1 aromatic carbocycles. The summed E-state index contributed by atoms with van der Waals surface area (Å²) in [7, 11) is 0.749. The van der Waals surface area contributed by atoms with Gasteiger partial charge in [-0.25, -0.2) is 0 Å². The van der Waals surface area contributed by atoms with E-state index in [0.717, 1.165) is 11.0 Å². The standard InChI is InChI=1S/C22H29BO6S/c1-15(24)30-14-18(23-28-21(2,3)22(4,5)29-23)13-16-7-9-17(10-8-16)19(25)11-12-20(26)27-6/h7-10,13H,11-12,14H2,1-6H3. The Balaban J connectivity index is 2.18. The van der Waals surface area contributed by atoms with Crippen molar-refractivity contribution < 1.29 is 28.4 Å². The van der Waals surface area contributed by atoms with Crippen LogP contribution in [0.15, 0.2) is 29.7 Å². The van der Waals surface area contributed by atoms with E-state index in [9.17, 15) is 14.4 Å². The van der Waals surface area contributed by atoms with Crippen molar-refractivity contribution in [3.8, 4) is 0 Å². The van der Waals surface area contributed by atoms with E-state index in [-0.39, 0.29) is 23.7 Å². The summed E-state index contributed by atoms with van der Waals surface area (Å²) < 4.78 is 16.9. The Hall–Kier alpha value is -1.90. The average Bonchev–Trinajstić information content (AvgIpc) is 2.90. The van der Waals surface area contributed by atoms with Crippen molar-refractivity contribution in [2.24, 2.45) is 0 Å².